The summed E-state index contributed by atoms with van der Waals surface area (Å²) in [6, 6.07) is 3.43. The maximum Gasteiger partial charge on any atom is 0.419 e. The Morgan fingerprint density at radius 3 is 2.17 bits per heavy atom. The van der Waals surface area contributed by atoms with Crippen LogP contribution in [0.3, 0.4) is 0 Å². The van der Waals surface area contributed by atoms with Gasteiger partial charge in [-0.3, -0.25) is 0 Å². The molecule has 9 heteroatoms. The van der Waals surface area contributed by atoms with Crippen LogP contribution in [-0.4, -0.2) is 11.1 Å². The second-order valence-corrected chi connectivity index (χ2v) is 4.26. The lowest BCUT2D eigenvalue weighted by atomic mass is 10.1. The first-order valence-corrected chi connectivity index (χ1v) is 5.87. The van der Waals surface area contributed by atoms with Crippen LogP contribution in [-0.2, 0) is 6.18 Å². The van der Waals surface area contributed by atoms with E-state index in [4.69, 9.17) is 9.84 Å². The molecular weight excluding hydrogens is 330 g/mol. The summed E-state index contributed by atoms with van der Waals surface area (Å²) in [6.45, 7) is 0. The summed E-state index contributed by atoms with van der Waals surface area (Å²) in [4.78, 5) is 11.0. The van der Waals surface area contributed by atoms with Crippen molar-refractivity contribution in [1.82, 2.24) is 0 Å². The summed E-state index contributed by atoms with van der Waals surface area (Å²) in [6.07, 6.45) is -5.13. The zero-order chi connectivity index (χ0) is 17.4. The zero-order valence-electron chi connectivity index (χ0n) is 10.9. The van der Waals surface area contributed by atoms with E-state index in [9.17, 15) is 31.1 Å². The van der Waals surface area contributed by atoms with E-state index in [2.05, 4.69) is 0 Å². The fraction of sp³-hybridized carbons (Fsp3) is 0.0714. The highest BCUT2D eigenvalue weighted by Gasteiger charge is 2.37. The molecule has 0 atom stereocenters. The molecule has 3 nitrogen and oxygen atoms in total. The minimum Gasteiger partial charge on any atom is -0.477 e. The van der Waals surface area contributed by atoms with Crippen molar-refractivity contribution >= 4 is 5.97 Å². The maximum absolute atomic E-state index is 13.8. The second-order valence-electron chi connectivity index (χ2n) is 4.26. The van der Waals surface area contributed by atoms with Crippen molar-refractivity contribution in [3.05, 3.63) is 58.9 Å². The van der Waals surface area contributed by atoms with Gasteiger partial charge in [0.1, 0.15) is 11.3 Å². The molecule has 0 saturated heterocycles. The van der Waals surface area contributed by atoms with Gasteiger partial charge in [0.2, 0.25) is 5.82 Å². The van der Waals surface area contributed by atoms with Crippen LogP contribution in [0.1, 0.15) is 15.9 Å². The van der Waals surface area contributed by atoms with E-state index in [1.54, 1.807) is 0 Å². The SMILES string of the molecule is O=C(O)c1c(Oc2cccc(F)c2F)ccc(C(F)(F)F)c1F. The number of benzene rings is 2. The monoisotopic (exact) mass is 336 g/mol. The fourth-order valence-electron chi connectivity index (χ4n) is 1.74. The highest BCUT2D eigenvalue weighted by atomic mass is 19.4. The van der Waals surface area contributed by atoms with Crippen LogP contribution in [0.25, 0.3) is 0 Å². The van der Waals surface area contributed by atoms with Gasteiger partial charge in [-0.2, -0.15) is 17.6 Å². The molecule has 2 rings (SSSR count). The van der Waals surface area contributed by atoms with Gasteiger partial charge >= 0.3 is 12.1 Å². The third-order valence-electron chi connectivity index (χ3n) is 2.76. The van der Waals surface area contributed by atoms with Gasteiger partial charge in [-0.25, -0.2) is 13.6 Å². The molecule has 2 aromatic rings. The lowest BCUT2D eigenvalue weighted by Gasteiger charge is -2.14. The van der Waals surface area contributed by atoms with Gasteiger partial charge in [0.15, 0.2) is 17.4 Å². The number of carboxylic acid groups (broad SMARTS) is 1. The first-order valence-electron chi connectivity index (χ1n) is 5.87. The number of rotatable bonds is 3. The van der Waals surface area contributed by atoms with Crippen LogP contribution in [0.5, 0.6) is 11.5 Å². The molecule has 0 saturated carbocycles. The molecule has 23 heavy (non-hydrogen) atoms. The first-order chi connectivity index (χ1) is 10.6. The predicted molar refractivity (Wildman–Crippen MR) is 64.8 cm³/mol. The number of aromatic carboxylic acids is 1. The number of hydrogen-bond acceptors (Lipinski definition) is 2. The van der Waals surface area contributed by atoms with Gasteiger partial charge in [0.05, 0.1) is 5.56 Å². The number of carbonyl (C=O) groups is 1. The zero-order valence-corrected chi connectivity index (χ0v) is 10.9. The van der Waals surface area contributed by atoms with E-state index in [1.807, 2.05) is 0 Å². The highest BCUT2D eigenvalue weighted by Crippen LogP contribution is 2.37. The Labute approximate surface area is 124 Å². The Morgan fingerprint density at radius 2 is 1.61 bits per heavy atom. The minimum atomic E-state index is -5.13. The number of carboxylic acids is 1. The van der Waals surface area contributed by atoms with Gasteiger partial charge in [0, 0.05) is 0 Å². The Hall–Kier alpha value is -2.71. The standard InChI is InChI=1S/C14H6F6O3/c15-7-2-1-3-9(12(7)17)23-8-5-4-6(14(18,19)20)11(16)10(8)13(21)22/h1-5H,(H,21,22). The van der Waals surface area contributed by atoms with Gasteiger partial charge in [-0.05, 0) is 24.3 Å². The van der Waals surface area contributed by atoms with Crippen molar-refractivity contribution in [2.75, 3.05) is 0 Å². The second kappa shape index (κ2) is 5.82. The van der Waals surface area contributed by atoms with Crippen LogP contribution >= 0.6 is 0 Å². The third-order valence-corrected chi connectivity index (χ3v) is 2.76. The van der Waals surface area contributed by atoms with Gasteiger partial charge in [0.25, 0.3) is 0 Å². The molecule has 1 N–H and O–H groups in total. The van der Waals surface area contributed by atoms with Crippen molar-refractivity contribution in [2.24, 2.45) is 0 Å². The number of hydrogen-bond donors (Lipinski definition) is 1. The molecule has 2 aromatic carbocycles. The number of alkyl halides is 3. The molecule has 0 radical (unpaired) electrons. The van der Waals surface area contributed by atoms with Crippen LogP contribution in [0.15, 0.2) is 30.3 Å². The topological polar surface area (TPSA) is 46.5 Å². The van der Waals surface area contributed by atoms with Gasteiger partial charge in [-0.15, -0.1) is 0 Å². The van der Waals surface area contributed by atoms with Crippen LogP contribution in [0, 0.1) is 17.5 Å². The molecule has 0 bridgehead atoms. The number of halogens is 6. The maximum atomic E-state index is 13.8. The average Bonchev–Trinajstić information content (AvgIpc) is 2.42. The summed E-state index contributed by atoms with van der Waals surface area (Å²) in [5, 5.41) is 8.88. The van der Waals surface area contributed by atoms with Crippen molar-refractivity contribution < 1.29 is 41.0 Å². The van der Waals surface area contributed by atoms with E-state index in [0.29, 0.717) is 6.07 Å². The first kappa shape index (κ1) is 16.7. The quantitative estimate of drug-likeness (QED) is 0.833. The minimum absolute atomic E-state index is 0.244. The Bertz CT molecular complexity index is 770. The van der Waals surface area contributed by atoms with Crippen molar-refractivity contribution in [2.45, 2.75) is 6.18 Å². The molecular formula is C14H6F6O3. The van der Waals surface area contributed by atoms with E-state index in [0.717, 1.165) is 18.2 Å². The average molecular weight is 336 g/mol. The molecule has 0 aliphatic heterocycles. The summed E-state index contributed by atoms with van der Waals surface area (Å²) in [5.41, 5.74) is -3.26. The number of ether oxygens (including phenoxy) is 1. The Kier molecular flexibility index (Phi) is 4.22. The normalized spacial score (nSPS) is 11.4. The molecule has 0 spiro atoms. The Morgan fingerprint density at radius 1 is 0.957 bits per heavy atom. The molecule has 0 aliphatic rings. The van der Waals surface area contributed by atoms with Crippen molar-refractivity contribution in [1.29, 1.82) is 0 Å². The molecule has 0 heterocycles. The summed E-state index contributed by atoms with van der Waals surface area (Å²) >= 11 is 0. The largest absolute Gasteiger partial charge is 0.477 e. The lowest BCUT2D eigenvalue weighted by molar-refractivity contribution is -0.140. The smallest absolute Gasteiger partial charge is 0.419 e. The van der Waals surface area contributed by atoms with Crippen LogP contribution in [0.4, 0.5) is 26.3 Å². The lowest BCUT2D eigenvalue weighted by Crippen LogP contribution is -2.13. The molecule has 0 fully saturated rings. The predicted octanol–water partition coefficient (Wildman–Crippen LogP) is 4.61. The summed E-state index contributed by atoms with van der Waals surface area (Å²) < 4.78 is 82.8. The molecule has 0 unspecified atom stereocenters. The Balaban J connectivity index is 2.57. The highest BCUT2D eigenvalue weighted by molar-refractivity contribution is 5.91. The van der Waals surface area contributed by atoms with E-state index >= 15 is 0 Å². The third kappa shape index (κ3) is 3.22. The molecule has 0 aromatic heterocycles. The van der Waals surface area contributed by atoms with Crippen LogP contribution < -0.4 is 4.74 Å². The van der Waals surface area contributed by atoms with Crippen molar-refractivity contribution in [3.8, 4) is 11.5 Å². The van der Waals surface area contributed by atoms with Crippen molar-refractivity contribution in [3.63, 3.8) is 0 Å². The summed E-state index contributed by atoms with van der Waals surface area (Å²) in [7, 11) is 0. The summed E-state index contributed by atoms with van der Waals surface area (Å²) in [5.74, 6) is -8.66. The van der Waals surface area contributed by atoms with Crippen LogP contribution in [0.2, 0.25) is 0 Å². The molecule has 122 valence electrons. The van der Waals surface area contributed by atoms with E-state index in [-0.39, 0.29) is 6.07 Å². The van der Waals surface area contributed by atoms with E-state index in [1.165, 1.54) is 0 Å². The van der Waals surface area contributed by atoms with Gasteiger partial charge < -0.3 is 9.84 Å². The van der Waals surface area contributed by atoms with E-state index < -0.39 is 52.2 Å². The van der Waals surface area contributed by atoms with Gasteiger partial charge in [-0.1, -0.05) is 6.07 Å². The fourth-order valence-corrected chi connectivity index (χ4v) is 1.74. The molecule has 0 amide bonds. The molecule has 0 aliphatic carbocycles.